The first-order valence-corrected chi connectivity index (χ1v) is 7.35. The zero-order valence-corrected chi connectivity index (χ0v) is 12.4. The molecule has 0 N–H and O–H groups in total. The molecule has 0 aliphatic carbocycles. The summed E-state index contributed by atoms with van der Waals surface area (Å²) in [5.41, 5.74) is 3.56. The summed E-state index contributed by atoms with van der Waals surface area (Å²) in [4.78, 5) is 8.96. The molecular weight excluding hydrogens is 294 g/mol. The van der Waals surface area contributed by atoms with Crippen molar-refractivity contribution in [2.75, 3.05) is 0 Å². The summed E-state index contributed by atoms with van der Waals surface area (Å²) in [5.74, 6) is 0. The topological polar surface area (TPSA) is 30.2 Å². The minimum absolute atomic E-state index is 0.489. The molecule has 4 heteroatoms. The molecular formula is C18H12ClN3. The largest absolute Gasteiger partial charge is 0.299 e. The van der Waals surface area contributed by atoms with E-state index in [1.807, 2.05) is 65.2 Å². The quantitative estimate of drug-likeness (QED) is 0.537. The number of aromatic nitrogens is 3. The molecule has 0 spiro atoms. The molecule has 0 saturated heterocycles. The number of benzene rings is 1. The summed E-state index contributed by atoms with van der Waals surface area (Å²) >= 11 is 6.23. The molecule has 4 rings (SSSR count). The highest BCUT2D eigenvalue weighted by Gasteiger charge is 2.06. The van der Waals surface area contributed by atoms with Crippen LogP contribution in [0.15, 0.2) is 60.8 Å². The normalized spacial score (nSPS) is 11.7. The van der Waals surface area contributed by atoms with Crippen molar-refractivity contribution in [2.24, 2.45) is 0 Å². The Hall–Kier alpha value is -2.65. The third-order valence-corrected chi connectivity index (χ3v) is 3.83. The zero-order chi connectivity index (χ0) is 14.9. The minimum atomic E-state index is 0.489. The van der Waals surface area contributed by atoms with Gasteiger partial charge in [-0.15, -0.1) is 0 Å². The van der Waals surface area contributed by atoms with Gasteiger partial charge in [-0.1, -0.05) is 41.9 Å². The molecule has 3 aromatic heterocycles. The van der Waals surface area contributed by atoms with Crippen molar-refractivity contribution in [3.63, 3.8) is 0 Å². The minimum Gasteiger partial charge on any atom is -0.299 e. The first-order valence-electron chi connectivity index (χ1n) is 6.98. The maximum absolute atomic E-state index is 6.23. The number of rotatable bonds is 2. The maximum Gasteiger partial charge on any atom is 0.155 e. The molecule has 0 aliphatic rings. The molecule has 0 amide bonds. The summed E-state index contributed by atoms with van der Waals surface area (Å²) in [5, 5.41) is 1.62. The van der Waals surface area contributed by atoms with Crippen LogP contribution in [0.25, 0.3) is 28.7 Å². The van der Waals surface area contributed by atoms with Crippen LogP contribution in [-0.4, -0.2) is 14.4 Å². The molecule has 0 fully saturated rings. The van der Waals surface area contributed by atoms with E-state index in [2.05, 4.69) is 22.1 Å². The molecule has 22 heavy (non-hydrogen) atoms. The van der Waals surface area contributed by atoms with Crippen molar-refractivity contribution in [3.8, 4) is 0 Å². The predicted molar refractivity (Wildman–Crippen MR) is 90.9 cm³/mol. The van der Waals surface area contributed by atoms with E-state index < -0.39 is 0 Å². The smallest absolute Gasteiger partial charge is 0.155 e. The molecule has 4 aromatic rings. The fourth-order valence-electron chi connectivity index (χ4n) is 2.47. The van der Waals surface area contributed by atoms with E-state index >= 15 is 0 Å². The SMILES string of the molecule is Clc1nc2ccccn2c1/C=C/c1ccc2ccccc2n1. The molecule has 0 aliphatic heterocycles. The molecule has 0 saturated carbocycles. The van der Waals surface area contributed by atoms with Crippen LogP contribution >= 0.6 is 11.6 Å². The van der Waals surface area contributed by atoms with Gasteiger partial charge >= 0.3 is 0 Å². The van der Waals surface area contributed by atoms with Crippen LogP contribution in [0.1, 0.15) is 11.4 Å². The number of nitrogens with zero attached hydrogens (tertiary/aromatic N) is 3. The number of hydrogen-bond donors (Lipinski definition) is 0. The van der Waals surface area contributed by atoms with Gasteiger partial charge in [-0.2, -0.15) is 0 Å². The van der Waals surface area contributed by atoms with Gasteiger partial charge in [0.25, 0.3) is 0 Å². The van der Waals surface area contributed by atoms with Crippen LogP contribution in [0.4, 0.5) is 0 Å². The lowest BCUT2D eigenvalue weighted by atomic mass is 10.2. The van der Waals surface area contributed by atoms with Gasteiger partial charge in [0.1, 0.15) is 5.65 Å². The van der Waals surface area contributed by atoms with Crippen molar-refractivity contribution in [2.45, 2.75) is 0 Å². The Bertz CT molecular complexity index is 1000. The number of pyridine rings is 2. The van der Waals surface area contributed by atoms with Gasteiger partial charge in [0.05, 0.1) is 16.9 Å². The third-order valence-electron chi connectivity index (χ3n) is 3.55. The van der Waals surface area contributed by atoms with Gasteiger partial charge in [0.2, 0.25) is 0 Å². The Kier molecular flexibility index (Phi) is 3.13. The number of imidazole rings is 1. The predicted octanol–water partition coefficient (Wildman–Crippen LogP) is 4.71. The van der Waals surface area contributed by atoms with E-state index in [0.717, 1.165) is 27.9 Å². The standard InChI is InChI=1S/C18H12ClN3/c19-18-16(22-12-4-3-7-17(22)21-18)11-10-14-9-8-13-5-1-2-6-15(13)20-14/h1-12H/b11-10+. The Morgan fingerprint density at radius 3 is 2.68 bits per heavy atom. The Morgan fingerprint density at radius 1 is 0.864 bits per heavy atom. The molecule has 0 atom stereocenters. The second kappa shape index (κ2) is 5.28. The van der Waals surface area contributed by atoms with Crippen molar-refractivity contribution >= 4 is 40.3 Å². The number of fused-ring (bicyclic) bond motifs is 2. The first kappa shape index (κ1) is 13.0. The second-order valence-corrected chi connectivity index (χ2v) is 5.34. The van der Waals surface area contributed by atoms with Crippen molar-refractivity contribution in [3.05, 3.63) is 77.3 Å². The average Bonchev–Trinajstić information content (AvgIpc) is 2.88. The van der Waals surface area contributed by atoms with Crippen molar-refractivity contribution < 1.29 is 0 Å². The lowest BCUT2D eigenvalue weighted by molar-refractivity contribution is 1.17. The van der Waals surface area contributed by atoms with Crippen molar-refractivity contribution in [1.29, 1.82) is 0 Å². The fourth-order valence-corrected chi connectivity index (χ4v) is 2.71. The summed E-state index contributed by atoms with van der Waals surface area (Å²) in [7, 11) is 0. The number of para-hydroxylation sites is 1. The van der Waals surface area contributed by atoms with Gasteiger partial charge in [0, 0.05) is 11.6 Å². The molecule has 1 aromatic carbocycles. The summed E-state index contributed by atoms with van der Waals surface area (Å²) in [6.07, 6.45) is 5.84. The van der Waals surface area contributed by atoms with Crippen LogP contribution in [0.5, 0.6) is 0 Å². The Labute approximate surface area is 132 Å². The second-order valence-electron chi connectivity index (χ2n) is 4.98. The molecule has 3 heterocycles. The van der Waals surface area contributed by atoms with Gasteiger partial charge < -0.3 is 0 Å². The monoisotopic (exact) mass is 305 g/mol. The molecule has 0 radical (unpaired) electrons. The van der Waals surface area contributed by atoms with Crippen LogP contribution < -0.4 is 0 Å². The van der Waals surface area contributed by atoms with E-state index in [-0.39, 0.29) is 0 Å². The van der Waals surface area contributed by atoms with E-state index in [1.165, 1.54) is 0 Å². The molecule has 0 unspecified atom stereocenters. The summed E-state index contributed by atoms with van der Waals surface area (Å²) in [6.45, 7) is 0. The third kappa shape index (κ3) is 2.26. The average molecular weight is 306 g/mol. The van der Waals surface area contributed by atoms with Crippen LogP contribution in [0, 0.1) is 0 Å². The summed E-state index contributed by atoms with van der Waals surface area (Å²) in [6, 6.07) is 18.0. The molecule has 0 bridgehead atoms. The van der Waals surface area contributed by atoms with E-state index in [4.69, 9.17) is 11.6 Å². The van der Waals surface area contributed by atoms with Crippen LogP contribution in [0.2, 0.25) is 5.15 Å². The molecule has 3 nitrogen and oxygen atoms in total. The summed E-state index contributed by atoms with van der Waals surface area (Å²) < 4.78 is 1.96. The first-order chi connectivity index (χ1) is 10.8. The van der Waals surface area contributed by atoms with Crippen molar-refractivity contribution in [1.82, 2.24) is 14.4 Å². The van der Waals surface area contributed by atoms with E-state index in [0.29, 0.717) is 5.15 Å². The maximum atomic E-state index is 6.23. The Balaban J connectivity index is 1.77. The van der Waals surface area contributed by atoms with E-state index in [9.17, 15) is 0 Å². The lowest BCUT2D eigenvalue weighted by Crippen LogP contribution is -1.86. The van der Waals surface area contributed by atoms with Gasteiger partial charge in [-0.3, -0.25) is 4.40 Å². The van der Waals surface area contributed by atoms with Gasteiger partial charge in [-0.25, -0.2) is 9.97 Å². The van der Waals surface area contributed by atoms with Crippen LogP contribution in [-0.2, 0) is 0 Å². The highest BCUT2D eigenvalue weighted by Crippen LogP contribution is 2.20. The van der Waals surface area contributed by atoms with Gasteiger partial charge in [-0.05, 0) is 36.4 Å². The number of halogens is 1. The highest BCUT2D eigenvalue weighted by atomic mass is 35.5. The Morgan fingerprint density at radius 2 is 1.73 bits per heavy atom. The van der Waals surface area contributed by atoms with Gasteiger partial charge in [0.15, 0.2) is 5.15 Å². The number of hydrogen-bond acceptors (Lipinski definition) is 2. The lowest BCUT2D eigenvalue weighted by Gasteiger charge is -1.99. The van der Waals surface area contributed by atoms with Crippen LogP contribution in [0.3, 0.4) is 0 Å². The fraction of sp³-hybridized carbons (Fsp3) is 0. The van der Waals surface area contributed by atoms with E-state index in [1.54, 1.807) is 0 Å². The highest BCUT2D eigenvalue weighted by molar-refractivity contribution is 6.31. The molecule has 106 valence electrons. The zero-order valence-electron chi connectivity index (χ0n) is 11.6.